The van der Waals surface area contributed by atoms with Crippen molar-refractivity contribution in [2.75, 3.05) is 0 Å². The molecule has 3 aromatic rings. The van der Waals surface area contributed by atoms with Crippen LogP contribution in [0.4, 0.5) is 0 Å². The first-order chi connectivity index (χ1) is 12.2. The van der Waals surface area contributed by atoms with Crippen LogP contribution in [0, 0.1) is 0 Å². The molecule has 0 aliphatic carbocycles. The lowest BCUT2D eigenvalue weighted by molar-refractivity contribution is 0.0965. The first-order valence-corrected chi connectivity index (χ1v) is 8.77. The average molecular weight is 352 g/mol. The molecule has 1 aromatic carbocycles. The third-order valence-corrected chi connectivity index (χ3v) is 4.28. The zero-order chi connectivity index (χ0) is 19.1. The normalized spacial score (nSPS) is 12.1. The molecule has 0 amide bonds. The van der Waals surface area contributed by atoms with Crippen LogP contribution in [0.3, 0.4) is 0 Å². The van der Waals surface area contributed by atoms with Crippen molar-refractivity contribution < 1.29 is 4.79 Å². The lowest BCUT2D eigenvalue weighted by atomic mass is 10.1. The van der Waals surface area contributed by atoms with Crippen LogP contribution in [-0.2, 0) is 12.1 Å². The van der Waals surface area contributed by atoms with Gasteiger partial charge in [0.25, 0.3) is 5.56 Å². The summed E-state index contributed by atoms with van der Waals surface area (Å²) in [4.78, 5) is 25.7. The van der Waals surface area contributed by atoms with E-state index in [0.29, 0.717) is 11.1 Å². The van der Waals surface area contributed by atoms with Crippen molar-refractivity contribution in [1.29, 1.82) is 0 Å². The molecule has 0 radical (unpaired) electrons. The molecule has 0 saturated heterocycles. The quantitative estimate of drug-likeness (QED) is 0.675. The molecule has 0 spiro atoms. The molecule has 0 atom stereocenters. The Morgan fingerprint density at radius 1 is 1.15 bits per heavy atom. The fraction of sp³-hybridized carbons (Fsp3) is 0.400. The monoisotopic (exact) mass is 352 g/mol. The smallest absolute Gasteiger partial charge is 0.292 e. The van der Waals surface area contributed by atoms with Crippen LogP contribution in [-0.4, -0.2) is 25.3 Å². The predicted octanol–water partition coefficient (Wildman–Crippen LogP) is 3.35. The molecule has 0 N–H and O–H groups in total. The molecule has 0 fully saturated rings. The largest absolute Gasteiger partial charge is 0.293 e. The zero-order valence-corrected chi connectivity index (χ0v) is 15.9. The summed E-state index contributed by atoms with van der Waals surface area (Å²) in [6.45, 7) is 9.93. The maximum absolute atomic E-state index is 13.1. The number of hydrogen-bond acceptors (Lipinski definition) is 4. The lowest BCUT2D eigenvalue weighted by Crippen LogP contribution is -2.32. The van der Waals surface area contributed by atoms with Crippen LogP contribution in [0.25, 0.3) is 10.9 Å². The highest BCUT2D eigenvalue weighted by Crippen LogP contribution is 2.24. The number of aromatic nitrogens is 4. The van der Waals surface area contributed by atoms with Gasteiger partial charge in [-0.3, -0.25) is 14.3 Å². The van der Waals surface area contributed by atoms with Gasteiger partial charge in [0, 0.05) is 10.9 Å². The van der Waals surface area contributed by atoms with Crippen molar-refractivity contribution in [3.05, 3.63) is 58.1 Å². The summed E-state index contributed by atoms with van der Waals surface area (Å²) in [6, 6.07) is 8.96. The summed E-state index contributed by atoms with van der Waals surface area (Å²) in [5.41, 5.74) is 1.20. The molecular weight excluding hydrogens is 328 g/mol. The van der Waals surface area contributed by atoms with Crippen molar-refractivity contribution in [2.45, 2.75) is 52.6 Å². The van der Waals surface area contributed by atoms with E-state index in [0.717, 1.165) is 11.1 Å². The summed E-state index contributed by atoms with van der Waals surface area (Å²) in [7, 11) is 0. The second kappa shape index (κ2) is 6.52. The number of fused-ring (bicyclic) bond motifs is 1. The van der Waals surface area contributed by atoms with Crippen LogP contribution in [0.5, 0.6) is 0 Å². The SMILES string of the molecule is CC(C)c1nn(CC(=O)c2ccccc2)c(=O)c2c1cnn2C(C)(C)C. The molecule has 0 aliphatic heterocycles. The van der Waals surface area contributed by atoms with E-state index in [9.17, 15) is 9.59 Å². The van der Waals surface area contributed by atoms with Gasteiger partial charge in [-0.15, -0.1) is 0 Å². The highest BCUT2D eigenvalue weighted by atomic mass is 16.1. The Morgan fingerprint density at radius 2 is 1.81 bits per heavy atom. The second-order valence-corrected chi connectivity index (χ2v) is 7.78. The van der Waals surface area contributed by atoms with Crippen LogP contribution in [0.1, 0.15) is 56.6 Å². The number of ketones is 1. The Labute approximate surface area is 152 Å². The summed E-state index contributed by atoms with van der Waals surface area (Å²) in [5.74, 6) is -0.0372. The van der Waals surface area contributed by atoms with Gasteiger partial charge in [-0.05, 0) is 26.7 Å². The lowest BCUT2D eigenvalue weighted by Gasteiger charge is -2.21. The Bertz CT molecular complexity index is 1010. The molecule has 6 nitrogen and oxygen atoms in total. The van der Waals surface area contributed by atoms with Gasteiger partial charge in [0.05, 0.1) is 17.4 Å². The van der Waals surface area contributed by atoms with Gasteiger partial charge in [0.2, 0.25) is 0 Å². The predicted molar refractivity (Wildman–Crippen MR) is 102 cm³/mol. The van der Waals surface area contributed by atoms with Crippen molar-refractivity contribution >= 4 is 16.7 Å². The topological polar surface area (TPSA) is 69.8 Å². The fourth-order valence-corrected chi connectivity index (χ4v) is 2.99. The highest BCUT2D eigenvalue weighted by molar-refractivity contribution is 5.95. The van der Waals surface area contributed by atoms with Gasteiger partial charge in [-0.1, -0.05) is 44.2 Å². The number of nitrogens with zero attached hydrogens (tertiary/aromatic N) is 4. The number of hydrogen-bond donors (Lipinski definition) is 0. The number of rotatable bonds is 4. The van der Waals surface area contributed by atoms with E-state index in [1.54, 1.807) is 35.1 Å². The minimum atomic E-state index is -0.349. The fourth-order valence-electron chi connectivity index (χ4n) is 2.99. The number of Topliss-reactive ketones (excluding diaryl/α,β-unsaturated/α-hetero) is 1. The summed E-state index contributed by atoms with van der Waals surface area (Å²) < 4.78 is 3.00. The Kier molecular flexibility index (Phi) is 4.52. The first-order valence-electron chi connectivity index (χ1n) is 8.77. The average Bonchev–Trinajstić information content (AvgIpc) is 3.03. The van der Waals surface area contributed by atoms with Gasteiger partial charge in [-0.2, -0.15) is 10.2 Å². The third-order valence-electron chi connectivity index (χ3n) is 4.28. The van der Waals surface area contributed by atoms with Crippen molar-refractivity contribution in [3.8, 4) is 0 Å². The Morgan fingerprint density at radius 3 is 2.38 bits per heavy atom. The molecule has 2 heterocycles. The van der Waals surface area contributed by atoms with Crippen molar-refractivity contribution in [1.82, 2.24) is 19.6 Å². The van der Waals surface area contributed by atoms with Crippen LogP contribution in [0.15, 0.2) is 41.3 Å². The molecule has 0 aliphatic rings. The van der Waals surface area contributed by atoms with Crippen LogP contribution >= 0.6 is 0 Å². The third kappa shape index (κ3) is 3.19. The van der Waals surface area contributed by atoms with Gasteiger partial charge in [0.1, 0.15) is 12.1 Å². The van der Waals surface area contributed by atoms with E-state index in [1.807, 2.05) is 40.7 Å². The maximum Gasteiger partial charge on any atom is 0.293 e. The first kappa shape index (κ1) is 18.0. The zero-order valence-electron chi connectivity index (χ0n) is 15.9. The van der Waals surface area contributed by atoms with E-state index < -0.39 is 0 Å². The Hall–Kier alpha value is -2.76. The molecule has 2 aromatic heterocycles. The molecule has 26 heavy (non-hydrogen) atoms. The van der Waals surface area contributed by atoms with Crippen LogP contribution in [0.2, 0.25) is 0 Å². The van der Waals surface area contributed by atoms with Gasteiger partial charge >= 0.3 is 0 Å². The van der Waals surface area contributed by atoms with Crippen LogP contribution < -0.4 is 5.56 Å². The Balaban J connectivity index is 2.18. The van der Waals surface area contributed by atoms with Crippen molar-refractivity contribution in [3.63, 3.8) is 0 Å². The number of carbonyl (C=O) groups excluding carboxylic acids is 1. The van der Waals surface area contributed by atoms with Gasteiger partial charge in [-0.25, -0.2) is 4.68 Å². The molecule has 136 valence electrons. The molecule has 3 rings (SSSR count). The van der Waals surface area contributed by atoms with E-state index >= 15 is 0 Å². The molecular formula is C20H24N4O2. The highest BCUT2D eigenvalue weighted by Gasteiger charge is 2.24. The minimum Gasteiger partial charge on any atom is -0.292 e. The van der Waals surface area contributed by atoms with Crippen molar-refractivity contribution in [2.24, 2.45) is 0 Å². The second-order valence-electron chi connectivity index (χ2n) is 7.78. The number of carbonyl (C=O) groups is 1. The minimum absolute atomic E-state index is 0.0895. The van der Waals surface area contributed by atoms with Gasteiger partial charge < -0.3 is 0 Å². The molecule has 0 bridgehead atoms. The standard InChI is InChI=1S/C20H24N4O2/c1-13(2)17-15-11-21-24(20(3,4)5)18(15)19(26)23(22-17)12-16(25)14-9-7-6-8-10-14/h6-11,13H,12H2,1-5H3. The summed E-state index contributed by atoms with van der Waals surface area (Å²) in [5, 5.41) is 9.67. The maximum atomic E-state index is 13.1. The summed E-state index contributed by atoms with van der Waals surface area (Å²) >= 11 is 0. The van der Waals surface area contributed by atoms with E-state index in [1.165, 1.54) is 4.68 Å². The van der Waals surface area contributed by atoms with Gasteiger partial charge in [0.15, 0.2) is 5.78 Å². The van der Waals surface area contributed by atoms with E-state index in [-0.39, 0.29) is 29.3 Å². The van der Waals surface area contributed by atoms with E-state index in [2.05, 4.69) is 10.2 Å². The molecule has 0 saturated carbocycles. The number of benzene rings is 1. The summed E-state index contributed by atoms with van der Waals surface area (Å²) in [6.07, 6.45) is 1.70. The molecule has 0 unspecified atom stereocenters. The van der Waals surface area contributed by atoms with E-state index in [4.69, 9.17) is 0 Å². The molecule has 6 heteroatoms.